The number of ether oxygens (including phenoxy) is 1. The molecule has 0 spiro atoms. The number of carboxylic acid groups (broad SMARTS) is 1. The van der Waals surface area contributed by atoms with Crippen molar-refractivity contribution in [2.24, 2.45) is 0 Å². The number of aryl methyl sites for hydroxylation is 2. The van der Waals surface area contributed by atoms with Crippen molar-refractivity contribution in [2.45, 2.75) is 38.3 Å². The van der Waals surface area contributed by atoms with E-state index in [4.69, 9.17) is 9.84 Å². The summed E-state index contributed by atoms with van der Waals surface area (Å²) in [5, 5.41) is 23.1. The molecule has 160 valence electrons. The van der Waals surface area contributed by atoms with Crippen molar-refractivity contribution in [1.29, 1.82) is 0 Å². The van der Waals surface area contributed by atoms with Crippen molar-refractivity contribution in [1.82, 2.24) is 10.3 Å². The molecule has 3 aromatic rings. The maximum Gasteiger partial charge on any atom is 0.335 e. The van der Waals surface area contributed by atoms with Gasteiger partial charge in [-0.1, -0.05) is 18.2 Å². The van der Waals surface area contributed by atoms with Crippen molar-refractivity contribution in [3.63, 3.8) is 0 Å². The lowest BCUT2D eigenvalue weighted by Crippen LogP contribution is -2.37. The van der Waals surface area contributed by atoms with Gasteiger partial charge < -0.3 is 20.3 Å². The number of benzene rings is 2. The first-order valence-electron chi connectivity index (χ1n) is 10.4. The van der Waals surface area contributed by atoms with Gasteiger partial charge in [0.25, 0.3) is 0 Å². The van der Waals surface area contributed by atoms with E-state index in [2.05, 4.69) is 16.4 Å². The summed E-state index contributed by atoms with van der Waals surface area (Å²) in [6, 6.07) is 16.6. The van der Waals surface area contributed by atoms with Gasteiger partial charge in [0, 0.05) is 30.0 Å². The second-order valence-corrected chi connectivity index (χ2v) is 7.96. The number of carbonyl (C=O) groups is 1. The maximum atomic E-state index is 11.2. The van der Waals surface area contributed by atoms with Crippen LogP contribution in [0.2, 0.25) is 0 Å². The summed E-state index contributed by atoms with van der Waals surface area (Å²) in [5.41, 5.74) is 4.45. The maximum absolute atomic E-state index is 11.2. The molecule has 0 amide bonds. The van der Waals surface area contributed by atoms with Crippen molar-refractivity contribution in [3.8, 4) is 11.5 Å². The molecule has 3 N–H and O–H groups in total. The van der Waals surface area contributed by atoms with Gasteiger partial charge in [-0.25, -0.2) is 4.79 Å². The monoisotopic (exact) mass is 418 g/mol. The fraction of sp³-hybridized carbons (Fsp3) is 0.280. The molecule has 0 unspecified atom stereocenters. The minimum atomic E-state index is -0.978. The largest absolute Gasteiger partial charge is 0.478 e. The number of aromatic carboxylic acids is 1. The summed E-state index contributed by atoms with van der Waals surface area (Å²) < 4.78 is 5.91. The third kappa shape index (κ3) is 5.29. The van der Waals surface area contributed by atoms with Crippen LogP contribution in [0.3, 0.4) is 0 Å². The van der Waals surface area contributed by atoms with Crippen molar-refractivity contribution >= 4 is 5.97 Å². The molecule has 0 bridgehead atoms. The van der Waals surface area contributed by atoms with Crippen LogP contribution in [0.4, 0.5) is 0 Å². The zero-order chi connectivity index (χ0) is 21.8. The molecular weight excluding hydrogens is 392 g/mol. The second kappa shape index (κ2) is 9.29. The van der Waals surface area contributed by atoms with Crippen LogP contribution in [-0.2, 0) is 12.8 Å². The lowest BCUT2D eigenvalue weighted by molar-refractivity contribution is 0.0696. The van der Waals surface area contributed by atoms with Crippen LogP contribution < -0.4 is 10.1 Å². The van der Waals surface area contributed by atoms with Gasteiger partial charge in [0.1, 0.15) is 11.5 Å². The Kier molecular flexibility index (Phi) is 6.30. The zero-order valence-corrected chi connectivity index (χ0v) is 17.4. The smallest absolute Gasteiger partial charge is 0.335 e. The first kappa shape index (κ1) is 21.0. The molecule has 31 heavy (non-hydrogen) atoms. The molecule has 1 heterocycles. The lowest BCUT2D eigenvalue weighted by Gasteiger charge is -2.27. The van der Waals surface area contributed by atoms with Crippen LogP contribution in [0.5, 0.6) is 11.5 Å². The van der Waals surface area contributed by atoms with E-state index in [1.54, 1.807) is 24.4 Å². The Bertz CT molecular complexity index is 1070. The summed E-state index contributed by atoms with van der Waals surface area (Å²) in [6.45, 7) is 2.40. The highest BCUT2D eigenvalue weighted by Gasteiger charge is 2.20. The summed E-state index contributed by atoms with van der Waals surface area (Å²) >= 11 is 0. The molecule has 6 heteroatoms. The van der Waals surface area contributed by atoms with E-state index in [-0.39, 0.29) is 11.6 Å². The van der Waals surface area contributed by atoms with Gasteiger partial charge in [-0.15, -0.1) is 0 Å². The van der Waals surface area contributed by atoms with E-state index >= 15 is 0 Å². The Morgan fingerprint density at radius 1 is 1.16 bits per heavy atom. The Labute approximate surface area is 181 Å². The molecule has 2 aromatic carbocycles. The number of nitrogens with one attached hydrogen (secondary N) is 1. The van der Waals surface area contributed by atoms with E-state index in [1.165, 1.54) is 17.2 Å². The average Bonchev–Trinajstić information content (AvgIpc) is 2.78. The van der Waals surface area contributed by atoms with Gasteiger partial charge in [0.2, 0.25) is 0 Å². The highest BCUT2D eigenvalue weighted by Crippen LogP contribution is 2.29. The normalized spacial score (nSPS) is 16.4. The second-order valence-electron chi connectivity index (χ2n) is 7.96. The third-order valence-corrected chi connectivity index (χ3v) is 5.64. The highest BCUT2D eigenvalue weighted by molar-refractivity contribution is 5.88. The first-order valence-corrected chi connectivity index (χ1v) is 10.4. The molecule has 4 rings (SSSR count). The number of rotatable bonds is 7. The van der Waals surface area contributed by atoms with E-state index in [0.717, 1.165) is 30.5 Å². The highest BCUT2D eigenvalue weighted by atomic mass is 16.5. The SMILES string of the molecule is Cc1ccc([C@@H](O)CN[C@H]2CCc3ccc(Oc4cccc(C(=O)O)c4)cc3C2)cn1. The molecule has 0 saturated heterocycles. The van der Waals surface area contributed by atoms with Gasteiger partial charge in [0.05, 0.1) is 11.7 Å². The molecule has 0 fully saturated rings. The standard InChI is InChI=1S/C25H26N2O4/c1-16-5-6-19(14-26-16)24(28)15-27-21-9-7-17-8-10-23(13-20(17)11-21)31-22-4-2-3-18(12-22)25(29)30/h2-6,8,10,12-14,21,24,27-28H,7,9,11,15H2,1H3,(H,29,30)/t21-,24-/m0/s1. The van der Waals surface area contributed by atoms with Gasteiger partial charge in [-0.3, -0.25) is 4.98 Å². The number of hydrogen-bond donors (Lipinski definition) is 3. The number of aliphatic hydroxyl groups excluding tert-OH is 1. The molecule has 1 aliphatic carbocycles. The van der Waals surface area contributed by atoms with E-state index in [1.807, 2.05) is 31.2 Å². The molecule has 6 nitrogen and oxygen atoms in total. The Hall–Kier alpha value is -3.22. The molecular formula is C25H26N2O4. The minimum absolute atomic E-state index is 0.196. The lowest BCUT2D eigenvalue weighted by atomic mass is 9.88. The van der Waals surface area contributed by atoms with Gasteiger partial charge in [0.15, 0.2) is 0 Å². The quantitative estimate of drug-likeness (QED) is 0.536. The van der Waals surface area contributed by atoms with Crippen LogP contribution in [0.15, 0.2) is 60.8 Å². The predicted molar refractivity (Wildman–Crippen MR) is 118 cm³/mol. The molecule has 0 radical (unpaired) electrons. The van der Waals surface area contributed by atoms with E-state index in [9.17, 15) is 9.90 Å². The van der Waals surface area contributed by atoms with Crippen LogP contribution in [0.25, 0.3) is 0 Å². The molecule has 2 atom stereocenters. The topological polar surface area (TPSA) is 91.7 Å². The van der Waals surface area contributed by atoms with Crippen LogP contribution in [0.1, 0.15) is 45.3 Å². The Balaban J connectivity index is 1.38. The van der Waals surface area contributed by atoms with Crippen LogP contribution in [-0.4, -0.2) is 33.8 Å². The number of fused-ring (bicyclic) bond motifs is 1. The molecule has 1 aromatic heterocycles. The van der Waals surface area contributed by atoms with E-state index < -0.39 is 12.1 Å². The number of aromatic nitrogens is 1. The molecule has 0 saturated carbocycles. The first-order chi connectivity index (χ1) is 15.0. The number of aliphatic hydroxyl groups is 1. The summed E-state index contributed by atoms with van der Waals surface area (Å²) in [4.78, 5) is 15.4. The van der Waals surface area contributed by atoms with Gasteiger partial charge >= 0.3 is 5.97 Å². The van der Waals surface area contributed by atoms with Crippen molar-refractivity contribution in [3.05, 3.63) is 88.7 Å². The Morgan fingerprint density at radius 3 is 2.77 bits per heavy atom. The predicted octanol–water partition coefficient (Wildman–Crippen LogP) is 4.06. The molecule has 0 aliphatic heterocycles. The van der Waals surface area contributed by atoms with Gasteiger partial charge in [-0.2, -0.15) is 0 Å². The van der Waals surface area contributed by atoms with E-state index in [0.29, 0.717) is 18.0 Å². The third-order valence-electron chi connectivity index (χ3n) is 5.64. The Morgan fingerprint density at radius 2 is 2.00 bits per heavy atom. The summed E-state index contributed by atoms with van der Waals surface area (Å²) in [6.07, 6.45) is 3.95. The number of nitrogens with zero attached hydrogens (tertiary/aromatic N) is 1. The summed E-state index contributed by atoms with van der Waals surface area (Å²) in [5.74, 6) is 0.210. The number of carboxylic acids is 1. The minimum Gasteiger partial charge on any atom is -0.478 e. The molecule has 1 aliphatic rings. The summed E-state index contributed by atoms with van der Waals surface area (Å²) in [7, 11) is 0. The average molecular weight is 418 g/mol. The van der Waals surface area contributed by atoms with Crippen molar-refractivity contribution < 1.29 is 19.7 Å². The number of pyridine rings is 1. The van der Waals surface area contributed by atoms with Crippen molar-refractivity contribution in [2.75, 3.05) is 6.54 Å². The number of hydrogen-bond acceptors (Lipinski definition) is 5. The van der Waals surface area contributed by atoms with Crippen LogP contribution in [0, 0.1) is 6.92 Å². The van der Waals surface area contributed by atoms with Gasteiger partial charge in [-0.05, 0) is 73.7 Å². The van der Waals surface area contributed by atoms with Crippen LogP contribution >= 0.6 is 0 Å². The fourth-order valence-electron chi connectivity index (χ4n) is 3.87. The zero-order valence-electron chi connectivity index (χ0n) is 17.4. The fourth-order valence-corrected chi connectivity index (χ4v) is 3.87.